The molecule has 2 aromatic carbocycles. The topological polar surface area (TPSA) is 57.4 Å². The smallest absolute Gasteiger partial charge is 0.248 e. The van der Waals surface area contributed by atoms with Gasteiger partial charge in [0.1, 0.15) is 0 Å². The highest BCUT2D eigenvalue weighted by molar-refractivity contribution is 5.68. The van der Waals surface area contributed by atoms with Gasteiger partial charge in [-0.25, -0.2) is 0 Å². The predicted molar refractivity (Wildman–Crippen MR) is 92.9 cm³/mol. The van der Waals surface area contributed by atoms with Crippen molar-refractivity contribution in [2.75, 3.05) is 14.2 Å². The number of aromatic nitrogens is 2. The predicted octanol–water partition coefficient (Wildman–Crippen LogP) is 4.23. The molecule has 5 nitrogen and oxygen atoms in total. The van der Waals surface area contributed by atoms with Crippen LogP contribution in [-0.2, 0) is 0 Å². The fourth-order valence-corrected chi connectivity index (χ4v) is 2.32. The van der Waals surface area contributed by atoms with E-state index in [9.17, 15) is 0 Å². The molecule has 5 heteroatoms. The zero-order valence-electron chi connectivity index (χ0n) is 13.8. The van der Waals surface area contributed by atoms with Crippen LogP contribution < -0.4 is 9.47 Å². The van der Waals surface area contributed by atoms with E-state index in [1.54, 1.807) is 20.3 Å². The summed E-state index contributed by atoms with van der Waals surface area (Å²) in [7, 11) is 3.22. The monoisotopic (exact) mass is 322 g/mol. The molecule has 1 aromatic heterocycles. The zero-order valence-corrected chi connectivity index (χ0v) is 13.8. The molecule has 0 amide bonds. The molecule has 3 aromatic rings. The van der Waals surface area contributed by atoms with Crippen LogP contribution >= 0.6 is 0 Å². The Balaban J connectivity index is 1.80. The lowest BCUT2D eigenvalue weighted by Gasteiger charge is -2.07. The molecule has 3 rings (SSSR count). The second-order valence-electron chi connectivity index (χ2n) is 5.26. The van der Waals surface area contributed by atoms with E-state index >= 15 is 0 Å². The number of rotatable bonds is 5. The highest BCUT2D eigenvalue weighted by Gasteiger charge is 2.07. The van der Waals surface area contributed by atoms with E-state index in [1.165, 1.54) is 0 Å². The number of benzene rings is 2. The highest BCUT2D eigenvalue weighted by atomic mass is 16.5. The normalized spacial score (nSPS) is 11.0. The summed E-state index contributed by atoms with van der Waals surface area (Å²) in [6, 6.07) is 13.6. The molecule has 0 aliphatic carbocycles. The Bertz CT molecular complexity index is 869. The Hall–Kier alpha value is -3.08. The molecule has 0 aliphatic heterocycles. The summed E-state index contributed by atoms with van der Waals surface area (Å²) < 4.78 is 16.2. The number of methoxy groups -OCH3 is 2. The average molecular weight is 322 g/mol. The van der Waals surface area contributed by atoms with Crippen LogP contribution in [0.25, 0.3) is 23.6 Å². The largest absolute Gasteiger partial charge is 0.493 e. The second-order valence-corrected chi connectivity index (χ2v) is 5.26. The third-order valence-electron chi connectivity index (χ3n) is 3.53. The maximum atomic E-state index is 5.68. The molecule has 0 saturated heterocycles. The van der Waals surface area contributed by atoms with Gasteiger partial charge in [0.2, 0.25) is 11.8 Å². The number of hydrogen-bond donors (Lipinski definition) is 0. The number of ether oxygens (including phenoxy) is 2. The molecule has 0 bridgehead atoms. The second kappa shape index (κ2) is 7.00. The van der Waals surface area contributed by atoms with Gasteiger partial charge >= 0.3 is 0 Å². The minimum atomic E-state index is 0.446. The van der Waals surface area contributed by atoms with E-state index in [2.05, 4.69) is 10.2 Å². The molecule has 24 heavy (non-hydrogen) atoms. The molecule has 0 radical (unpaired) electrons. The van der Waals surface area contributed by atoms with Crippen molar-refractivity contribution >= 4 is 12.2 Å². The average Bonchev–Trinajstić information content (AvgIpc) is 3.08. The Morgan fingerprint density at radius 3 is 2.50 bits per heavy atom. The van der Waals surface area contributed by atoms with E-state index < -0.39 is 0 Å². The van der Waals surface area contributed by atoms with Gasteiger partial charge < -0.3 is 13.9 Å². The summed E-state index contributed by atoms with van der Waals surface area (Å²) in [5, 5.41) is 8.14. The van der Waals surface area contributed by atoms with Crippen LogP contribution in [-0.4, -0.2) is 24.4 Å². The Kier molecular flexibility index (Phi) is 4.61. The summed E-state index contributed by atoms with van der Waals surface area (Å²) in [4.78, 5) is 0. The number of hydrogen-bond acceptors (Lipinski definition) is 5. The SMILES string of the molecule is COc1ccc(/C=C/c2nnc(-c3cccc(C)c3)o2)cc1OC. The molecular formula is C19H18N2O3. The molecular weight excluding hydrogens is 304 g/mol. The van der Waals surface area contributed by atoms with Crippen molar-refractivity contribution < 1.29 is 13.9 Å². The van der Waals surface area contributed by atoms with Gasteiger partial charge in [-0.15, -0.1) is 10.2 Å². The maximum absolute atomic E-state index is 5.68. The summed E-state index contributed by atoms with van der Waals surface area (Å²) in [6.07, 6.45) is 3.66. The lowest BCUT2D eigenvalue weighted by Crippen LogP contribution is -1.90. The third-order valence-corrected chi connectivity index (χ3v) is 3.53. The van der Waals surface area contributed by atoms with Crippen LogP contribution in [0.4, 0.5) is 0 Å². The molecule has 0 unspecified atom stereocenters. The van der Waals surface area contributed by atoms with Crippen LogP contribution in [0.5, 0.6) is 11.5 Å². The van der Waals surface area contributed by atoms with E-state index in [4.69, 9.17) is 13.9 Å². The molecule has 0 N–H and O–H groups in total. The molecule has 0 spiro atoms. The first-order valence-corrected chi connectivity index (χ1v) is 7.50. The van der Waals surface area contributed by atoms with Crippen molar-refractivity contribution in [1.82, 2.24) is 10.2 Å². The van der Waals surface area contributed by atoms with E-state index in [-0.39, 0.29) is 0 Å². The van der Waals surface area contributed by atoms with Crippen LogP contribution in [0.15, 0.2) is 46.9 Å². The number of aryl methyl sites for hydroxylation is 1. The standard InChI is InChI=1S/C19H18N2O3/c1-13-5-4-6-15(11-13)19-21-20-18(24-19)10-8-14-7-9-16(22-2)17(12-14)23-3/h4-12H,1-3H3/b10-8+. The van der Waals surface area contributed by atoms with Gasteiger partial charge in [-0.2, -0.15) is 0 Å². The lowest BCUT2D eigenvalue weighted by atomic mass is 10.1. The minimum Gasteiger partial charge on any atom is -0.493 e. The van der Waals surface area contributed by atoms with Crippen LogP contribution in [0, 0.1) is 6.92 Å². The quantitative estimate of drug-likeness (QED) is 0.703. The first-order chi connectivity index (χ1) is 11.7. The molecule has 0 atom stereocenters. The van der Waals surface area contributed by atoms with E-state index in [0.717, 1.165) is 16.7 Å². The summed E-state index contributed by atoms with van der Waals surface area (Å²) >= 11 is 0. The van der Waals surface area contributed by atoms with Crippen molar-refractivity contribution in [1.29, 1.82) is 0 Å². The highest BCUT2D eigenvalue weighted by Crippen LogP contribution is 2.28. The van der Waals surface area contributed by atoms with Gasteiger partial charge in [-0.1, -0.05) is 23.8 Å². The summed E-state index contributed by atoms with van der Waals surface area (Å²) in [5.74, 6) is 2.31. The Morgan fingerprint density at radius 2 is 1.75 bits per heavy atom. The van der Waals surface area contributed by atoms with Crippen molar-refractivity contribution in [3.63, 3.8) is 0 Å². The molecule has 0 saturated carbocycles. The van der Waals surface area contributed by atoms with Crippen molar-refractivity contribution in [3.8, 4) is 23.0 Å². The first-order valence-electron chi connectivity index (χ1n) is 7.50. The number of nitrogens with zero attached hydrogens (tertiary/aromatic N) is 2. The maximum Gasteiger partial charge on any atom is 0.248 e. The Labute approximate surface area is 140 Å². The van der Waals surface area contributed by atoms with Crippen LogP contribution in [0.3, 0.4) is 0 Å². The molecule has 122 valence electrons. The molecule has 0 fully saturated rings. The first kappa shape index (κ1) is 15.8. The molecule has 0 aliphatic rings. The van der Waals surface area contributed by atoms with Gasteiger partial charge in [0.15, 0.2) is 11.5 Å². The fourth-order valence-electron chi connectivity index (χ4n) is 2.32. The zero-order chi connectivity index (χ0) is 16.9. The van der Waals surface area contributed by atoms with Crippen LogP contribution in [0.1, 0.15) is 17.0 Å². The third kappa shape index (κ3) is 3.46. The summed E-state index contributed by atoms with van der Waals surface area (Å²) in [5.41, 5.74) is 3.00. The van der Waals surface area contributed by atoms with Gasteiger partial charge in [-0.3, -0.25) is 0 Å². The van der Waals surface area contributed by atoms with Crippen molar-refractivity contribution in [2.24, 2.45) is 0 Å². The van der Waals surface area contributed by atoms with Crippen molar-refractivity contribution in [2.45, 2.75) is 6.92 Å². The van der Waals surface area contributed by atoms with Gasteiger partial charge in [-0.05, 0) is 42.8 Å². The summed E-state index contributed by atoms with van der Waals surface area (Å²) in [6.45, 7) is 2.03. The minimum absolute atomic E-state index is 0.446. The lowest BCUT2D eigenvalue weighted by molar-refractivity contribution is 0.355. The van der Waals surface area contributed by atoms with Crippen molar-refractivity contribution in [3.05, 3.63) is 59.5 Å². The van der Waals surface area contributed by atoms with E-state index in [1.807, 2.05) is 55.5 Å². The fraction of sp³-hybridized carbons (Fsp3) is 0.158. The van der Waals surface area contributed by atoms with Gasteiger partial charge in [0.05, 0.1) is 14.2 Å². The van der Waals surface area contributed by atoms with Gasteiger partial charge in [0, 0.05) is 11.6 Å². The van der Waals surface area contributed by atoms with Gasteiger partial charge in [0.25, 0.3) is 0 Å². The Morgan fingerprint density at radius 1 is 0.917 bits per heavy atom. The van der Waals surface area contributed by atoms with E-state index in [0.29, 0.717) is 23.3 Å². The van der Waals surface area contributed by atoms with Crippen LogP contribution in [0.2, 0.25) is 0 Å². The molecule has 1 heterocycles.